The van der Waals surface area contributed by atoms with Crippen molar-refractivity contribution in [2.24, 2.45) is 5.92 Å². The monoisotopic (exact) mass is 253 g/mol. The number of aromatic amines is 1. The molecule has 0 radical (unpaired) electrons. The molecule has 0 aromatic carbocycles. The molecule has 0 spiro atoms. The second kappa shape index (κ2) is 4.33. The number of H-pyrrole nitrogens is 1. The number of nitrogens with one attached hydrogen (secondary N) is 1. The van der Waals surface area contributed by atoms with Crippen LogP contribution in [0, 0.1) is 5.92 Å². The zero-order valence-corrected chi connectivity index (χ0v) is 10.4. The van der Waals surface area contributed by atoms with Crippen molar-refractivity contribution in [2.45, 2.75) is 38.1 Å². The largest absolute Gasteiger partial charge is 0.366 e. The van der Waals surface area contributed by atoms with Gasteiger partial charge in [0, 0.05) is 12.6 Å². The van der Waals surface area contributed by atoms with Crippen molar-refractivity contribution >= 4 is 17.3 Å². The Labute approximate surface area is 105 Å². The Bertz CT molecular complexity index is 473. The minimum atomic E-state index is -0.288. The first-order valence-electron chi connectivity index (χ1n) is 6.27. The van der Waals surface area contributed by atoms with Crippen LogP contribution < -0.4 is 10.5 Å². The summed E-state index contributed by atoms with van der Waals surface area (Å²) in [6.07, 6.45) is 8.06. The highest BCUT2D eigenvalue weighted by molar-refractivity contribution is 6.33. The molecule has 5 heteroatoms. The molecule has 4 nitrogen and oxygen atoms in total. The topological polar surface area (TPSA) is 49.0 Å². The van der Waals surface area contributed by atoms with Crippen LogP contribution in [0.3, 0.4) is 0 Å². The van der Waals surface area contributed by atoms with E-state index >= 15 is 0 Å². The Morgan fingerprint density at radius 3 is 3.06 bits per heavy atom. The van der Waals surface area contributed by atoms with E-state index in [1.54, 1.807) is 6.20 Å². The van der Waals surface area contributed by atoms with E-state index in [1.807, 2.05) is 0 Å². The lowest BCUT2D eigenvalue weighted by molar-refractivity contribution is 0.342. The number of aromatic nitrogens is 2. The highest BCUT2D eigenvalue weighted by Crippen LogP contribution is 2.39. The molecular weight excluding hydrogens is 238 g/mol. The maximum absolute atomic E-state index is 11.5. The predicted molar refractivity (Wildman–Crippen MR) is 67.6 cm³/mol. The van der Waals surface area contributed by atoms with Crippen LogP contribution >= 0.6 is 11.6 Å². The SMILES string of the molecule is O=c1[nH]ncc(N2CCC3CCCCC32)c1Cl. The van der Waals surface area contributed by atoms with E-state index < -0.39 is 0 Å². The van der Waals surface area contributed by atoms with E-state index in [-0.39, 0.29) is 10.6 Å². The normalized spacial score (nSPS) is 28.2. The number of nitrogens with zero attached hydrogens (tertiary/aromatic N) is 2. The van der Waals surface area contributed by atoms with E-state index in [0.29, 0.717) is 6.04 Å². The van der Waals surface area contributed by atoms with Crippen molar-refractivity contribution in [1.82, 2.24) is 10.2 Å². The molecule has 17 heavy (non-hydrogen) atoms. The van der Waals surface area contributed by atoms with Crippen LogP contribution in [0.2, 0.25) is 5.02 Å². The van der Waals surface area contributed by atoms with Gasteiger partial charge in [0.25, 0.3) is 5.56 Å². The number of halogens is 1. The Morgan fingerprint density at radius 2 is 2.18 bits per heavy atom. The molecule has 1 saturated carbocycles. The van der Waals surface area contributed by atoms with E-state index in [1.165, 1.54) is 32.1 Å². The standard InChI is InChI=1S/C12H16ClN3O/c13-11-10(7-14-15-12(11)17)16-6-5-8-3-1-2-4-9(8)16/h7-9H,1-6H2,(H,15,17). The van der Waals surface area contributed by atoms with Gasteiger partial charge >= 0.3 is 0 Å². The maximum Gasteiger partial charge on any atom is 0.285 e. The molecule has 1 aliphatic carbocycles. The highest BCUT2D eigenvalue weighted by atomic mass is 35.5. The first-order valence-corrected chi connectivity index (χ1v) is 6.65. The summed E-state index contributed by atoms with van der Waals surface area (Å²) < 4.78 is 0. The van der Waals surface area contributed by atoms with Crippen LogP contribution in [0.25, 0.3) is 0 Å². The summed E-state index contributed by atoms with van der Waals surface area (Å²) in [5.74, 6) is 0.777. The Morgan fingerprint density at radius 1 is 1.35 bits per heavy atom. The van der Waals surface area contributed by atoms with E-state index in [0.717, 1.165) is 18.2 Å². The van der Waals surface area contributed by atoms with Crippen LogP contribution in [0.5, 0.6) is 0 Å². The molecule has 2 aliphatic rings. The molecule has 3 rings (SSSR count). The minimum Gasteiger partial charge on any atom is -0.366 e. The van der Waals surface area contributed by atoms with Gasteiger partial charge in [0.2, 0.25) is 0 Å². The number of hydrogen-bond acceptors (Lipinski definition) is 3. The van der Waals surface area contributed by atoms with Crippen molar-refractivity contribution in [3.05, 3.63) is 21.6 Å². The third kappa shape index (κ3) is 1.84. The predicted octanol–water partition coefficient (Wildman–Crippen LogP) is 2.19. The van der Waals surface area contributed by atoms with Gasteiger partial charge in [0.05, 0.1) is 11.9 Å². The Kier molecular flexibility index (Phi) is 2.82. The smallest absolute Gasteiger partial charge is 0.285 e. The zero-order valence-electron chi connectivity index (χ0n) is 9.66. The average Bonchev–Trinajstić information content (AvgIpc) is 2.77. The minimum absolute atomic E-state index is 0.284. The van der Waals surface area contributed by atoms with Gasteiger partial charge in [-0.15, -0.1) is 0 Å². The van der Waals surface area contributed by atoms with Crippen molar-refractivity contribution < 1.29 is 0 Å². The number of hydrogen-bond donors (Lipinski definition) is 1. The molecule has 1 aromatic heterocycles. The fraction of sp³-hybridized carbons (Fsp3) is 0.667. The van der Waals surface area contributed by atoms with Gasteiger partial charge in [-0.2, -0.15) is 5.10 Å². The van der Waals surface area contributed by atoms with E-state index in [4.69, 9.17) is 11.6 Å². The van der Waals surface area contributed by atoms with Gasteiger partial charge in [0.15, 0.2) is 0 Å². The Balaban J connectivity index is 1.94. The molecule has 1 saturated heterocycles. The van der Waals surface area contributed by atoms with E-state index in [9.17, 15) is 4.79 Å². The number of rotatable bonds is 1. The van der Waals surface area contributed by atoms with Gasteiger partial charge in [-0.3, -0.25) is 4.79 Å². The first-order chi connectivity index (χ1) is 8.27. The van der Waals surface area contributed by atoms with Gasteiger partial charge in [-0.05, 0) is 25.2 Å². The number of anilines is 1. The molecule has 0 bridgehead atoms. The molecule has 1 aromatic rings. The fourth-order valence-electron chi connectivity index (χ4n) is 3.28. The van der Waals surface area contributed by atoms with Crippen molar-refractivity contribution in [3.63, 3.8) is 0 Å². The average molecular weight is 254 g/mol. The van der Waals surface area contributed by atoms with Gasteiger partial charge in [-0.1, -0.05) is 24.4 Å². The summed E-state index contributed by atoms with van der Waals surface area (Å²) in [4.78, 5) is 13.8. The lowest BCUT2D eigenvalue weighted by Gasteiger charge is -2.33. The fourth-order valence-corrected chi connectivity index (χ4v) is 3.48. The van der Waals surface area contributed by atoms with Crippen LogP contribution in [-0.4, -0.2) is 22.8 Å². The summed E-state index contributed by atoms with van der Waals surface area (Å²) in [6, 6.07) is 0.560. The molecule has 1 N–H and O–H groups in total. The van der Waals surface area contributed by atoms with Crippen LogP contribution in [0.4, 0.5) is 5.69 Å². The van der Waals surface area contributed by atoms with Crippen molar-refractivity contribution in [2.75, 3.05) is 11.4 Å². The quantitative estimate of drug-likeness (QED) is 0.835. The molecule has 2 atom stereocenters. The maximum atomic E-state index is 11.5. The number of fused-ring (bicyclic) bond motifs is 1. The zero-order chi connectivity index (χ0) is 11.8. The van der Waals surface area contributed by atoms with Crippen LogP contribution in [0.15, 0.2) is 11.0 Å². The van der Waals surface area contributed by atoms with E-state index in [2.05, 4.69) is 15.1 Å². The molecule has 0 amide bonds. The summed E-state index contributed by atoms with van der Waals surface area (Å²) in [6.45, 7) is 1.00. The summed E-state index contributed by atoms with van der Waals surface area (Å²) >= 11 is 6.08. The highest BCUT2D eigenvalue weighted by Gasteiger charge is 2.36. The Hall–Kier alpha value is -1.03. The van der Waals surface area contributed by atoms with Gasteiger partial charge < -0.3 is 4.90 Å². The van der Waals surface area contributed by atoms with Crippen LogP contribution in [-0.2, 0) is 0 Å². The van der Waals surface area contributed by atoms with Gasteiger partial charge in [-0.25, -0.2) is 5.10 Å². The second-order valence-corrected chi connectivity index (χ2v) is 5.37. The first kappa shape index (κ1) is 11.1. The lowest BCUT2D eigenvalue weighted by atomic mass is 9.85. The van der Waals surface area contributed by atoms with Crippen LogP contribution in [0.1, 0.15) is 32.1 Å². The molecule has 92 valence electrons. The summed E-state index contributed by atoms with van der Waals surface area (Å²) in [7, 11) is 0. The third-order valence-corrected chi connectivity index (χ3v) is 4.46. The summed E-state index contributed by atoms with van der Waals surface area (Å²) in [5, 5.41) is 6.52. The van der Waals surface area contributed by atoms with Crippen molar-refractivity contribution in [1.29, 1.82) is 0 Å². The van der Waals surface area contributed by atoms with Crippen molar-refractivity contribution in [3.8, 4) is 0 Å². The molecule has 2 unspecified atom stereocenters. The molecular formula is C12H16ClN3O. The third-order valence-electron chi connectivity index (χ3n) is 4.10. The molecule has 1 aliphatic heterocycles. The lowest BCUT2D eigenvalue weighted by Crippen LogP contribution is -2.35. The second-order valence-electron chi connectivity index (χ2n) is 4.99. The molecule has 2 fully saturated rings. The van der Waals surface area contributed by atoms with Gasteiger partial charge in [0.1, 0.15) is 5.02 Å². The summed E-state index contributed by atoms with van der Waals surface area (Å²) in [5.41, 5.74) is 0.522. The molecule has 2 heterocycles.